The number of pyridine rings is 1. The molecule has 0 radical (unpaired) electrons. The molecular formula is C7H5ClN4O2. The standard InChI is InChI=1S/C7H5ClN4O2/c8-4-1-2-9-6-5(4)10-3-12(6)11-7(13)14/h1-3,11H,(H,13,14). The fourth-order valence-electron chi connectivity index (χ4n) is 1.07. The summed E-state index contributed by atoms with van der Waals surface area (Å²) >= 11 is 5.82. The summed E-state index contributed by atoms with van der Waals surface area (Å²) in [5.74, 6) is 0. The molecule has 1 amide bonds. The van der Waals surface area contributed by atoms with E-state index in [2.05, 4.69) is 15.4 Å². The smallest absolute Gasteiger partial charge is 0.424 e. The van der Waals surface area contributed by atoms with E-state index in [1.54, 1.807) is 6.07 Å². The largest absolute Gasteiger partial charge is 0.464 e. The molecule has 0 saturated carbocycles. The highest BCUT2D eigenvalue weighted by atomic mass is 35.5. The molecule has 2 aromatic heterocycles. The molecule has 2 rings (SSSR count). The molecule has 2 heterocycles. The molecule has 0 bridgehead atoms. The van der Waals surface area contributed by atoms with Crippen LogP contribution >= 0.6 is 11.6 Å². The van der Waals surface area contributed by atoms with E-state index >= 15 is 0 Å². The van der Waals surface area contributed by atoms with Crippen molar-refractivity contribution in [3.05, 3.63) is 23.6 Å². The van der Waals surface area contributed by atoms with Crippen molar-refractivity contribution in [2.75, 3.05) is 5.43 Å². The first-order valence-corrected chi connectivity index (χ1v) is 4.04. The minimum atomic E-state index is -1.19. The summed E-state index contributed by atoms with van der Waals surface area (Å²) in [6.07, 6.45) is 1.59. The van der Waals surface area contributed by atoms with Gasteiger partial charge in [0.1, 0.15) is 11.8 Å². The van der Waals surface area contributed by atoms with Crippen LogP contribution < -0.4 is 5.43 Å². The molecule has 14 heavy (non-hydrogen) atoms. The van der Waals surface area contributed by atoms with Gasteiger partial charge in [-0.05, 0) is 6.07 Å². The zero-order chi connectivity index (χ0) is 10.1. The summed E-state index contributed by atoms with van der Waals surface area (Å²) in [7, 11) is 0. The molecule has 72 valence electrons. The van der Waals surface area contributed by atoms with E-state index in [-0.39, 0.29) is 0 Å². The third-order valence-corrected chi connectivity index (χ3v) is 1.91. The molecule has 0 aliphatic heterocycles. The molecule has 2 N–H and O–H groups in total. The number of carbonyl (C=O) groups is 1. The van der Waals surface area contributed by atoms with Gasteiger partial charge in [-0.25, -0.2) is 24.9 Å². The number of nitrogens with zero attached hydrogens (tertiary/aromatic N) is 3. The van der Waals surface area contributed by atoms with Gasteiger partial charge < -0.3 is 5.11 Å². The van der Waals surface area contributed by atoms with Crippen LogP contribution in [0.5, 0.6) is 0 Å². The summed E-state index contributed by atoms with van der Waals surface area (Å²) in [6.45, 7) is 0. The van der Waals surface area contributed by atoms with Crippen molar-refractivity contribution in [1.82, 2.24) is 14.6 Å². The molecule has 2 aromatic rings. The number of aromatic nitrogens is 3. The van der Waals surface area contributed by atoms with Gasteiger partial charge in [0.15, 0.2) is 5.65 Å². The molecule has 6 nitrogen and oxygen atoms in total. The molecular weight excluding hydrogens is 208 g/mol. The Bertz CT molecular complexity index is 495. The van der Waals surface area contributed by atoms with Gasteiger partial charge in [-0.15, -0.1) is 0 Å². The Balaban J connectivity index is 2.58. The maximum Gasteiger partial charge on any atom is 0.424 e. The van der Waals surface area contributed by atoms with Crippen molar-refractivity contribution in [3.63, 3.8) is 0 Å². The lowest BCUT2D eigenvalue weighted by atomic mass is 10.4. The van der Waals surface area contributed by atoms with Gasteiger partial charge in [0.25, 0.3) is 0 Å². The van der Waals surface area contributed by atoms with E-state index in [0.717, 1.165) is 0 Å². The highest BCUT2D eigenvalue weighted by Gasteiger charge is 2.07. The van der Waals surface area contributed by atoms with E-state index in [0.29, 0.717) is 16.2 Å². The lowest BCUT2D eigenvalue weighted by molar-refractivity contribution is 0.206. The molecule has 7 heteroatoms. The Morgan fingerprint density at radius 2 is 2.36 bits per heavy atom. The van der Waals surface area contributed by atoms with E-state index in [1.807, 2.05) is 0 Å². The van der Waals surface area contributed by atoms with Crippen LogP contribution in [0, 0.1) is 0 Å². The summed E-state index contributed by atoms with van der Waals surface area (Å²) in [5, 5.41) is 8.92. The van der Waals surface area contributed by atoms with Crippen molar-refractivity contribution in [2.45, 2.75) is 0 Å². The Labute approximate surface area is 83.1 Å². The number of imidazole rings is 1. The van der Waals surface area contributed by atoms with Crippen LogP contribution in [0.25, 0.3) is 11.2 Å². The van der Waals surface area contributed by atoms with Gasteiger partial charge in [-0.2, -0.15) is 0 Å². The maximum absolute atomic E-state index is 10.4. The van der Waals surface area contributed by atoms with Crippen LogP contribution in [0.15, 0.2) is 18.6 Å². The minimum Gasteiger partial charge on any atom is -0.464 e. The summed E-state index contributed by atoms with van der Waals surface area (Å²) in [4.78, 5) is 18.2. The Morgan fingerprint density at radius 1 is 1.57 bits per heavy atom. The van der Waals surface area contributed by atoms with E-state index < -0.39 is 6.09 Å². The third kappa shape index (κ3) is 1.35. The summed E-state index contributed by atoms with van der Waals surface area (Å²) < 4.78 is 1.18. The quantitative estimate of drug-likeness (QED) is 0.747. The monoisotopic (exact) mass is 212 g/mol. The lowest BCUT2D eigenvalue weighted by Crippen LogP contribution is -2.19. The van der Waals surface area contributed by atoms with Gasteiger partial charge in [0.05, 0.1) is 5.02 Å². The van der Waals surface area contributed by atoms with Crippen molar-refractivity contribution in [3.8, 4) is 0 Å². The molecule has 0 unspecified atom stereocenters. The molecule has 0 atom stereocenters. The second-order valence-corrected chi connectivity index (χ2v) is 2.90. The zero-order valence-electron chi connectivity index (χ0n) is 6.81. The van der Waals surface area contributed by atoms with Gasteiger partial charge in [-0.3, -0.25) is 0 Å². The lowest BCUT2D eigenvalue weighted by Gasteiger charge is -2.00. The van der Waals surface area contributed by atoms with Crippen LogP contribution in [0.2, 0.25) is 5.02 Å². The summed E-state index contributed by atoms with van der Waals surface area (Å²) in [6, 6.07) is 1.59. The minimum absolute atomic E-state index is 0.375. The number of fused-ring (bicyclic) bond motifs is 1. The van der Waals surface area contributed by atoms with E-state index in [4.69, 9.17) is 16.7 Å². The number of amides is 1. The average Bonchev–Trinajstić information content (AvgIpc) is 2.49. The number of halogens is 1. The maximum atomic E-state index is 10.4. The first-order chi connectivity index (χ1) is 6.68. The van der Waals surface area contributed by atoms with Crippen LogP contribution in [0.4, 0.5) is 4.79 Å². The highest BCUT2D eigenvalue weighted by molar-refractivity contribution is 6.34. The van der Waals surface area contributed by atoms with Crippen molar-refractivity contribution >= 4 is 28.9 Å². The molecule has 0 aliphatic carbocycles. The zero-order valence-corrected chi connectivity index (χ0v) is 7.56. The molecule has 0 saturated heterocycles. The van der Waals surface area contributed by atoms with Crippen LogP contribution in [-0.4, -0.2) is 25.8 Å². The number of hydrogen-bond donors (Lipinski definition) is 2. The second kappa shape index (κ2) is 3.15. The van der Waals surface area contributed by atoms with Gasteiger partial charge >= 0.3 is 6.09 Å². The third-order valence-electron chi connectivity index (χ3n) is 1.60. The van der Waals surface area contributed by atoms with Crippen LogP contribution in [-0.2, 0) is 0 Å². The average molecular weight is 213 g/mol. The first-order valence-electron chi connectivity index (χ1n) is 3.66. The van der Waals surface area contributed by atoms with Crippen LogP contribution in [0.3, 0.4) is 0 Å². The van der Waals surface area contributed by atoms with Crippen molar-refractivity contribution in [2.24, 2.45) is 0 Å². The molecule has 0 fully saturated rings. The summed E-state index contributed by atoms with van der Waals surface area (Å²) in [5.41, 5.74) is 2.94. The van der Waals surface area contributed by atoms with E-state index in [9.17, 15) is 4.79 Å². The SMILES string of the molecule is O=C(O)Nn1cnc2c(Cl)ccnc21. The molecule has 0 aromatic carbocycles. The Kier molecular flexibility index (Phi) is 1.97. The van der Waals surface area contributed by atoms with Crippen molar-refractivity contribution in [1.29, 1.82) is 0 Å². The Morgan fingerprint density at radius 3 is 3.07 bits per heavy atom. The van der Waals surface area contributed by atoms with Crippen molar-refractivity contribution < 1.29 is 9.90 Å². The van der Waals surface area contributed by atoms with Gasteiger partial charge in [0, 0.05) is 6.20 Å². The topological polar surface area (TPSA) is 80.0 Å². The Hall–Kier alpha value is -1.82. The predicted octanol–water partition coefficient (Wildman–Crippen LogP) is 1.31. The molecule has 0 spiro atoms. The normalized spacial score (nSPS) is 10.4. The number of hydrogen-bond acceptors (Lipinski definition) is 3. The van der Waals surface area contributed by atoms with Gasteiger partial charge in [-0.1, -0.05) is 11.6 Å². The first kappa shape index (κ1) is 8.76. The second-order valence-electron chi connectivity index (χ2n) is 2.50. The fraction of sp³-hybridized carbons (Fsp3) is 0. The number of carboxylic acid groups (broad SMARTS) is 1. The predicted molar refractivity (Wildman–Crippen MR) is 49.9 cm³/mol. The molecule has 0 aliphatic rings. The number of rotatable bonds is 1. The van der Waals surface area contributed by atoms with E-state index in [1.165, 1.54) is 17.2 Å². The fourth-order valence-corrected chi connectivity index (χ4v) is 1.26. The van der Waals surface area contributed by atoms with Crippen LogP contribution in [0.1, 0.15) is 0 Å². The highest BCUT2D eigenvalue weighted by Crippen LogP contribution is 2.18. The van der Waals surface area contributed by atoms with Gasteiger partial charge in [0.2, 0.25) is 0 Å². The number of nitrogens with one attached hydrogen (secondary N) is 1.